The van der Waals surface area contributed by atoms with Gasteiger partial charge >= 0.3 is 0 Å². The normalized spacial score (nSPS) is 12.0. The van der Waals surface area contributed by atoms with Crippen molar-refractivity contribution < 1.29 is 8.42 Å². The first-order chi connectivity index (χ1) is 8.90. The number of anilines is 1. The van der Waals surface area contributed by atoms with E-state index in [-0.39, 0.29) is 4.90 Å². The molecular formula is C12H20BrN3O2S. The molecule has 1 aromatic carbocycles. The van der Waals surface area contributed by atoms with Crippen molar-refractivity contribution in [1.29, 1.82) is 0 Å². The lowest BCUT2D eigenvalue weighted by molar-refractivity contribution is 0.309. The summed E-state index contributed by atoms with van der Waals surface area (Å²) in [6.45, 7) is 6.99. The molecule has 0 unspecified atom stereocenters. The first-order valence-electron chi connectivity index (χ1n) is 6.17. The minimum absolute atomic E-state index is 0.188. The molecule has 3 N–H and O–H groups in total. The summed E-state index contributed by atoms with van der Waals surface area (Å²) in [5.74, 6) is 0. The molecule has 19 heavy (non-hydrogen) atoms. The predicted molar refractivity (Wildman–Crippen MR) is 81.5 cm³/mol. The van der Waals surface area contributed by atoms with Gasteiger partial charge in [0.05, 0.1) is 4.90 Å². The Morgan fingerprint density at radius 1 is 1.32 bits per heavy atom. The highest BCUT2D eigenvalue weighted by Gasteiger charge is 2.14. The summed E-state index contributed by atoms with van der Waals surface area (Å²) < 4.78 is 27.4. The molecule has 0 saturated carbocycles. The third-order valence-electron chi connectivity index (χ3n) is 2.89. The van der Waals surface area contributed by atoms with Gasteiger partial charge < -0.3 is 10.6 Å². The van der Waals surface area contributed by atoms with Crippen LogP contribution in [-0.2, 0) is 10.0 Å². The van der Waals surface area contributed by atoms with Gasteiger partial charge in [0, 0.05) is 23.2 Å². The summed E-state index contributed by atoms with van der Waals surface area (Å²) in [7, 11) is -3.49. The molecule has 108 valence electrons. The molecule has 0 radical (unpaired) electrons. The van der Waals surface area contributed by atoms with Crippen molar-refractivity contribution in [3.05, 3.63) is 22.7 Å². The zero-order valence-corrected chi connectivity index (χ0v) is 13.6. The molecule has 0 aliphatic rings. The van der Waals surface area contributed by atoms with Crippen LogP contribution >= 0.6 is 15.9 Å². The minimum Gasteiger partial charge on any atom is -0.398 e. The second kappa shape index (κ2) is 7.23. The maximum absolute atomic E-state index is 12.1. The van der Waals surface area contributed by atoms with E-state index in [0.29, 0.717) is 23.2 Å². The standard InChI is InChI=1S/C12H20BrN3O2S/c1-3-16(4-2)8-7-15-19(17,18)10-5-6-11(13)12(14)9-10/h5-6,9,15H,3-4,7-8,14H2,1-2H3. The Morgan fingerprint density at radius 3 is 2.47 bits per heavy atom. The molecule has 0 aliphatic heterocycles. The van der Waals surface area contributed by atoms with Crippen molar-refractivity contribution >= 4 is 31.6 Å². The van der Waals surface area contributed by atoms with Gasteiger partial charge in [0.25, 0.3) is 0 Å². The minimum atomic E-state index is -3.49. The molecule has 0 spiro atoms. The highest BCUT2D eigenvalue weighted by atomic mass is 79.9. The fourth-order valence-corrected chi connectivity index (χ4v) is 2.95. The van der Waals surface area contributed by atoms with E-state index in [0.717, 1.165) is 13.1 Å². The van der Waals surface area contributed by atoms with Crippen LogP contribution in [0.1, 0.15) is 13.8 Å². The van der Waals surface area contributed by atoms with E-state index in [4.69, 9.17) is 5.73 Å². The number of nitrogens with two attached hydrogens (primary N) is 1. The topological polar surface area (TPSA) is 75.4 Å². The lowest BCUT2D eigenvalue weighted by Crippen LogP contribution is -2.34. The van der Waals surface area contributed by atoms with E-state index < -0.39 is 10.0 Å². The van der Waals surface area contributed by atoms with Crippen LogP contribution in [0.15, 0.2) is 27.6 Å². The molecule has 0 saturated heterocycles. The van der Waals surface area contributed by atoms with E-state index in [1.807, 2.05) is 13.8 Å². The molecule has 0 heterocycles. The van der Waals surface area contributed by atoms with Gasteiger partial charge in [-0.25, -0.2) is 13.1 Å². The van der Waals surface area contributed by atoms with Gasteiger partial charge in [0.1, 0.15) is 0 Å². The van der Waals surface area contributed by atoms with E-state index in [2.05, 4.69) is 25.6 Å². The summed E-state index contributed by atoms with van der Waals surface area (Å²) in [5, 5.41) is 0. The number of likely N-dealkylation sites (N-methyl/N-ethyl adjacent to an activating group) is 1. The molecule has 5 nitrogen and oxygen atoms in total. The van der Waals surface area contributed by atoms with Crippen molar-refractivity contribution in [3.63, 3.8) is 0 Å². The number of hydrogen-bond acceptors (Lipinski definition) is 4. The number of benzene rings is 1. The molecule has 0 aliphatic carbocycles. The van der Waals surface area contributed by atoms with Crippen LogP contribution in [0.2, 0.25) is 0 Å². The molecule has 0 atom stereocenters. The monoisotopic (exact) mass is 349 g/mol. The Kier molecular flexibility index (Phi) is 6.25. The van der Waals surface area contributed by atoms with Gasteiger partial charge in [-0.05, 0) is 47.2 Å². The Labute approximate surface area is 123 Å². The molecule has 0 aromatic heterocycles. The number of hydrogen-bond donors (Lipinski definition) is 2. The highest BCUT2D eigenvalue weighted by Crippen LogP contribution is 2.22. The van der Waals surface area contributed by atoms with Crippen LogP contribution in [0.3, 0.4) is 0 Å². The Balaban J connectivity index is 2.68. The predicted octanol–water partition coefficient (Wildman–Crippen LogP) is 1.65. The maximum atomic E-state index is 12.1. The number of rotatable bonds is 7. The number of nitrogens with zero attached hydrogens (tertiary/aromatic N) is 1. The van der Waals surface area contributed by atoms with Gasteiger partial charge in [0.15, 0.2) is 0 Å². The second-order valence-corrected chi connectivity index (χ2v) is 6.73. The molecule has 0 fully saturated rings. The Bertz CT molecular complexity index is 516. The summed E-state index contributed by atoms with van der Waals surface area (Å²) in [6, 6.07) is 4.61. The lowest BCUT2D eigenvalue weighted by Gasteiger charge is -2.18. The van der Waals surface area contributed by atoms with Crippen molar-refractivity contribution in [3.8, 4) is 0 Å². The van der Waals surface area contributed by atoms with Crippen LogP contribution in [-0.4, -0.2) is 39.5 Å². The second-order valence-electron chi connectivity index (χ2n) is 4.11. The quantitative estimate of drug-likeness (QED) is 0.734. The lowest BCUT2D eigenvalue weighted by atomic mass is 10.3. The highest BCUT2D eigenvalue weighted by molar-refractivity contribution is 9.10. The van der Waals surface area contributed by atoms with Gasteiger partial charge in [-0.1, -0.05) is 13.8 Å². The summed E-state index contributed by atoms with van der Waals surface area (Å²) in [5.41, 5.74) is 6.10. The van der Waals surface area contributed by atoms with Crippen LogP contribution < -0.4 is 10.5 Å². The van der Waals surface area contributed by atoms with Gasteiger partial charge in [-0.3, -0.25) is 0 Å². The maximum Gasteiger partial charge on any atom is 0.240 e. The average molecular weight is 350 g/mol. The fraction of sp³-hybridized carbons (Fsp3) is 0.500. The third kappa shape index (κ3) is 4.76. The van der Waals surface area contributed by atoms with Crippen molar-refractivity contribution in [2.45, 2.75) is 18.7 Å². The smallest absolute Gasteiger partial charge is 0.240 e. The van der Waals surface area contributed by atoms with E-state index in [1.54, 1.807) is 6.07 Å². The largest absolute Gasteiger partial charge is 0.398 e. The van der Waals surface area contributed by atoms with Gasteiger partial charge in [-0.15, -0.1) is 0 Å². The molecule has 7 heteroatoms. The van der Waals surface area contributed by atoms with Gasteiger partial charge in [0.2, 0.25) is 10.0 Å². The zero-order chi connectivity index (χ0) is 14.5. The average Bonchev–Trinajstić information content (AvgIpc) is 2.37. The van der Waals surface area contributed by atoms with E-state index in [9.17, 15) is 8.42 Å². The van der Waals surface area contributed by atoms with Crippen molar-refractivity contribution in [2.24, 2.45) is 0 Å². The van der Waals surface area contributed by atoms with Gasteiger partial charge in [-0.2, -0.15) is 0 Å². The van der Waals surface area contributed by atoms with Crippen LogP contribution in [0.25, 0.3) is 0 Å². The van der Waals surface area contributed by atoms with Crippen LogP contribution in [0, 0.1) is 0 Å². The Morgan fingerprint density at radius 2 is 1.95 bits per heavy atom. The first kappa shape index (κ1) is 16.4. The molecule has 1 rings (SSSR count). The molecule has 0 bridgehead atoms. The summed E-state index contributed by atoms with van der Waals surface area (Å²) in [6.07, 6.45) is 0. The van der Waals surface area contributed by atoms with Crippen LogP contribution in [0.5, 0.6) is 0 Å². The fourth-order valence-electron chi connectivity index (χ4n) is 1.65. The van der Waals surface area contributed by atoms with E-state index in [1.165, 1.54) is 12.1 Å². The van der Waals surface area contributed by atoms with Crippen molar-refractivity contribution in [2.75, 3.05) is 31.9 Å². The number of nitrogen functional groups attached to an aromatic ring is 1. The number of halogens is 1. The van der Waals surface area contributed by atoms with E-state index >= 15 is 0 Å². The SMILES string of the molecule is CCN(CC)CCNS(=O)(=O)c1ccc(Br)c(N)c1. The Hall–Kier alpha value is -0.630. The molecule has 0 amide bonds. The van der Waals surface area contributed by atoms with Crippen LogP contribution in [0.4, 0.5) is 5.69 Å². The molecule has 1 aromatic rings. The third-order valence-corrected chi connectivity index (χ3v) is 5.07. The first-order valence-corrected chi connectivity index (χ1v) is 8.45. The number of nitrogens with one attached hydrogen (secondary N) is 1. The number of sulfonamides is 1. The summed E-state index contributed by atoms with van der Waals surface area (Å²) >= 11 is 3.24. The van der Waals surface area contributed by atoms with Crippen molar-refractivity contribution in [1.82, 2.24) is 9.62 Å². The summed E-state index contributed by atoms with van der Waals surface area (Å²) in [4.78, 5) is 2.34. The molecular weight excluding hydrogens is 330 g/mol. The zero-order valence-electron chi connectivity index (χ0n) is 11.2.